The van der Waals surface area contributed by atoms with Gasteiger partial charge in [0.2, 0.25) is 0 Å². The second kappa shape index (κ2) is 6.43. The summed E-state index contributed by atoms with van der Waals surface area (Å²) < 4.78 is 5.87. The lowest BCUT2D eigenvalue weighted by molar-refractivity contribution is 0.102. The number of rotatable bonds is 3. The first kappa shape index (κ1) is 15.1. The average molecular weight is 376 g/mol. The summed E-state index contributed by atoms with van der Waals surface area (Å²) in [5.41, 5.74) is 0.648. The zero-order valence-corrected chi connectivity index (χ0v) is 13.4. The molecule has 20 heavy (non-hydrogen) atoms. The third-order valence-electron chi connectivity index (χ3n) is 2.42. The Kier molecular flexibility index (Phi) is 4.86. The molecule has 2 aromatic rings. The Morgan fingerprint density at radius 1 is 1.30 bits per heavy atom. The number of methoxy groups -OCH3 is 1. The van der Waals surface area contributed by atoms with E-state index < -0.39 is 5.91 Å². The average Bonchev–Trinajstić information content (AvgIpc) is 2.38. The molecule has 0 aliphatic carbocycles. The van der Waals surface area contributed by atoms with Crippen LogP contribution in [0.3, 0.4) is 0 Å². The molecule has 1 amide bonds. The van der Waals surface area contributed by atoms with Crippen molar-refractivity contribution in [3.63, 3.8) is 0 Å². The first-order valence-electron chi connectivity index (χ1n) is 5.47. The van der Waals surface area contributed by atoms with Crippen molar-refractivity contribution in [1.29, 1.82) is 0 Å². The van der Waals surface area contributed by atoms with E-state index in [4.69, 9.17) is 27.9 Å². The Morgan fingerprint density at radius 2 is 2.05 bits per heavy atom. The molecular weight excluding hydrogens is 367 g/mol. The number of ether oxygens (including phenoxy) is 1. The third-order valence-corrected chi connectivity index (χ3v) is 3.46. The van der Waals surface area contributed by atoms with Crippen LogP contribution in [-0.2, 0) is 0 Å². The fourth-order valence-corrected chi connectivity index (χ4v) is 2.71. The van der Waals surface area contributed by atoms with Crippen LogP contribution in [0.5, 0.6) is 5.75 Å². The number of nitrogens with one attached hydrogen (secondary N) is 1. The summed E-state index contributed by atoms with van der Waals surface area (Å²) in [4.78, 5) is 16.1. The van der Waals surface area contributed by atoms with Crippen molar-refractivity contribution in [1.82, 2.24) is 4.98 Å². The summed E-state index contributed by atoms with van der Waals surface area (Å²) in [5.74, 6) is 0.0738. The highest BCUT2D eigenvalue weighted by atomic mass is 79.9. The van der Waals surface area contributed by atoms with Crippen molar-refractivity contribution in [3.8, 4) is 5.75 Å². The predicted octanol–water partition coefficient (Wildman–Crippen LogP) is 4.41. The van der Waals surface area contributed by atoms with Crippen LogP contribution in [0.25, 0.3) is 0 Å². The van der Waals surface area contributed by atoms with E-state index in [0.29, 0.717) is 26.0 Å². The highest BCUT2D eigenvalue weighted by molar-refractivity contribution is 9.10. The number of anilines is 1. The second-order valence-corrected chi connectivity index (χ2v) is 5.51. The first-order chi connectivity index (χ1) is 9.51. The summed E-state index contributed by atoms with van der Waals surface area (Å²) in [6.45, 7) is 0. The molecule has 1 aromatic heterocycles. The zero-order valence-electron chi connectivity index (χ0n) is 10.3. The number of benzene rings is 1. The number of amides is 1. The fourth-order valence-electron chi connectivity index (χ4n) is 1.58. The van der Waals surface area contributed by atoms with Crippen LogP contribution >= 0.6 is 39.1 Å². The van der Waals surface area contributed by atoms with Gasteiger partial charge in [-0.3, -0.25) is 9.78 Å². The van der Waals surface area contributed by atoms with Gasteiger partial charge in [-0.25, -0.2) is 0 Å². The van der Waals surface area contributed by atoms with Gasteiger partial charge in [0, 0.05) is 16.2 Å². The monoisotopic (exact) mass is 374 g/mol. The summed E-state index contributed by atoms with van der Waals surface area (Å²) in [7, 11) is 1.50. The Hall–Kier alpha value is -1.30. The number of hydrogen-bond donors (Lipinski definition) is 1. The molecule has 0 atom stereocenters. The van der Waals surface area contributed by atoms with E-state index in [1.165, 1.54) is 19.4 Å². The molecule has 0 aliphatic heterocycles. The molecule has 1 N–H and O–H groups in total. The van der Waals surface area contributed by atoms with Gasteiger partial charge in [0.1, 0.15) is 5.69 Å². The van der Waals surface area contributed by atoms with Crippen LogP contribution in [0, 0.1) is 0 Å². The van der Waals surface area contributed by atoms with Crippen molar-refractivity contribution in [2.75, 3.05) is 12.4 Å². The topological polar surface area (TPSA) is 51.2 Å². The van der Waals surface area contributed by atoms with Crippen LogP contribution in [0.1, 0.15) is 10.5 Å². The number of halogens is 3. The van der Waals surface area contributed by atoms with Crippen molar-refractivity contribution < 1.29 is 9.53 Å². The maximum Gasteiger partial charge on any atom is 0.274 e. The molecule has 0 spiro atoms. The highest BCUT2D eigenvalue weighted by Crippen LogP contribution is 2.36. The van der Waals surface area contributed by atoms with E-state index in [1.807, 2.05) is 0 Å². The summed E-state index contributed by atoms with van der Waals surface area (Å²) in [6, 6.07) is 6.33. The van der Waals surface area contributed by atoms with E-state index in [0.717, 1.165) is 0 Å². The molecule has 4 nitrogen and oxygen atoms in total. The Labute approximate surface area is 134 Å². The van der Waals surface area contributed by atoms with E-state index in [2.05, 4.69) is 26.2 Å². The van der Waals surface area contributed by atoms with Crippen molar-refractivity contribution in [3.05, 3.63) is 50.7 Å². The van der Waals surface area contributed by atoms with E-state index >= 15 is 0 Å². The van der Waals surface area contributed by atoms with Crippen molar-refractivity contribution in [2.45, 2.75) is 0 Å². The lowest BCUT2D eigenvalue weighted by Gasteiger charge is -2.12. The molecule has 0 bridgehead atoms. The van der Waals surface area contributed by atoms with Crippen molar-refractivity contribution in [2.24, 2.45) is 0 Å². The Morgan fingerprint density at radius 3 is 2.70 bits per heavy atom. The van der Waals surface area contributed by atoms with Gasteiger partial charge in [-0.05, 0) is 40.2 Å². The molecule has 0 aliphatic rings. The lowest BCUT2D eigenvalue weighted by atomic mass is 10.2. The summed E-state index contributed by atoms with van der Waals surface area (Å²) >= 11 is 15.1. The highest BCUT2D eigenvalue weighted by Gasteiger charge is 2.14. The Bertz CT molecular complexity index is 665. The molecule has 7 heteroatoms. The van der Waals surface area contributed by atoms with Gasteiger partial charge in [0.15, 0.2) is 5.75 Å². The predicted molar refractivity (Wildman–Crippen MR) is 82.9 cm³/mol. The lowest BCUT2D eigenvalue weighted by Crippen LogP contribution is -2.14. The number of nitrogens with zero attached hydrogens (tertiary/aromatic N) is 1. The van der Waals surface area contributed by atoms with Crippen LogP contribution in [0.15, 0.2) is 34.9 Å². The number of carbonyl (C=O) groups is 1. The van der Waals surface area contributed by atoms with E-state index in [-0.39, 0.29) is 5.69 Å². The molecule has 1 aromatic carbocycles. The summed E-state index contributed by atoms with van der Waals surface area (Å²) in [6.07, 6.45) is 1.46. The molecule has 2 rings (SSSR count). The van der Waals surface area contributed by atoms with Gasteiger partial charge in [0.25, 0.3) is 5.91 Å². The molecule has 0 unspecified atom stereocenters. The smallest absolute Gasteiger partial charge is 0.274 e. The molecule has 0 fully saturated rings. The van der Waals surface area contributed by atoms with Gasteiger partial charge in [-0.15, -0.1) is 0 Å². The molecule has 1 heterocycles. The van der Waals surface area contributed by atoms with E-state index in [1.54, 1.807) is 18.2 Å². The second-order valence-electron chi connectivity index (χ2n) is 3.78. The van der Waals surface area contributed by atoms with Gasteiger partial charge in [-0.2, -0.15) is 0 Å². The minimum Gasteiger partial charge on any atom is -0.493 e. The Balaban J connectivity index is 2.32. The summed E-state index contributed by atoms with van der Waals surface area (Å²) in [5, 5.41) is 3.59. The van der Waals surface area contributed by atoms with Crippen LogP contribution in [0.2, 0.25) is 10.0 Å². The third kappa shape index (κ3) is 3.42. The van der Waals surface area contributed by atoms with Gasteiger partial charge >= 0.3 is 0 Å². The van der Waals surface area contributed by atoms with E-state index in [9.17, 15) is 4.79 Å². The zero-order chi connectivity index (χ0) is 14.7. The fraction of sp³-hybridized carbons (Fsp3) is 0.0769. The van der Waals surface area contributed by atoms with Crippen LogP contribution in [-0.4, -0.2) is 18.0 Å². The normalized spacial score (nSPS) is 10.2. The molecular formula is C13H9BrCl2N2O2. The van der Waals surface area contributed by atoms with Gasteiger partial charge in [-0.1, -0.05) is 23.2 Å². The number of hydrogen-bond acceptors (Lipinski definition) is 3. The van der Waals surface area contributed by atoms with Gasteiger partial charge < -0.3 is 10.1 Å². The van der Waals surface area contributed by atoms with Crippen molar-refractivity contribution >= 4 is 50.7 Å². The SMILES string of the molecule is COc1c(Br)cc(Cl)cc1NC(=O)c1cc(Cl)ccn1. The molecule has 0 saturated carbocycles. The maximum absolute atomic E-state index is 12.1. The number of pyridine rings is 1. The molecule has 0 radical (unpaired) electrons. The number of aromatic nitrogens is 1. The van der Waals surface area contributed by atoms with Crippen LogP contribution < -0.4 is 10.1 Å². The minimum atomic E-state index is -0.403. The first-order valence-corrected chi connectivity index (χ1v) is 7.02. The molecule has 0 saturated heterocycles. The minimum absolute atomic E-state index is 0.204. The number of carbonyl (C=O) groups excluding carboxylic acids is 1. The quantitative estimate of drug-likeness (QED) is 0.864. The largest absolute Gasteiger partial charge is 0.493 e. The maximum atomic E-state index is 12.1. The standard InChI is InChI=1S/C13H9BrCl2N2O2/c1-20-12-9(14)4-8(16)6-10(12)18-13(19)11-5-7(15)2-3-17-11/h2-6H,1H3,(H,18,19). The van der Waals surface area contributed by atoms with Crippen LogP contribution in [0.4, 0.5) is 5.69 Å². The van der Waals surface area contributed by atoms with Gasteiger partial charge in [0.05, 0.1) is 17.3 Å². The molecule has 104 valence electrons.